The molecule has 0 spiro atoms. The number of nitrogens with one attached hydrogen (secondary N) is 1. The van der Waals surface area contributed by atoms with Gasteiger partial charge in [-0.05, 0) is 25.1 Å². The van der Waals surface area contributed by atoms with Crippen LogP contribution < -0.4 is 10.1 Å². The standard InChI is InChI=1S/C15H21NO2S/c1-2-16-15(11-7-8-17-9-11)13-10-19-14-6-4-3-5-12(14)18-13/h3-6,11,13,15-16H,2,7-10H2,1H3. The van der Waals surface area contributed by atoms with Crippen molar-refractivity contribution in [2.24, 2.45) is 5.92 Å². The van der Waals surface area contributed by atoms with Crippen LogP contribution >= 0.6 is 11.8 Å². The molecule has 0 amide bonds. The van der Waals surface area contributed by atoms with E-state index < -0.39 is 0 Å². The van der Waals surface area contributed by atoms with Gasteiger partial charge in [0.1, 0.15) is 11.9 Å². The Morgan fingerprint density at radius 1 is 1.42 bits per heavy atom. The highest BCUT2D eigenvalue weighted by atomic mass is 32.2. The lowest BCUT2D eigenvalue weighted by molar-refractivity contribution is 0.117. The van der Waals surface area contributed by atoms with Gasteiger partial charge in [-0.3, -0.25) is 0 Å². The molecule has 1 N–H and O–H groups in total. The van der Waals surface area contributed by atoms with Crippen molar-refractivity contribution >= 4 is 11.8 Å². The lowest BCUT2D eigenvalue weighted by atomic mass is 9.94. The molecular formula is C15H21NO2S. The normalized spacial score (nSPS) is 27.6. The number of hydrogen-bond donors (Lipinski definition) is 1. The van der Waals surface area contributed by atoms with Crippen LogP contribution in [-0.4, -0.2) is 37.7 Å². The van der Waals surface area contributed by atoms with Crippen LogP contribution in [0.4, 0.5) is 0 Å². The molecule has 0 saturated carbocycles. The van der Waals surface area contributed by atoms with E-state index in [1.165, 1.54) is 4.90 Å². The summed E-state index contributed by atoms with van der Waals surface area (Å²) >= 11 is 1.90. The molecule has 0 radical (unpaired) electrons. The molecule has 3 rings (SSSR count). The van der Waals surface area contributed by atoms with E-state index in [-0.39, 0.29) is 6.10 Å². The van der Waals surface area contributed by atoms with Crippen molar-refractivity contribution in [3.63, 3.8) is 0 Å². The Labute approximate surface area is 119 Å². The minimum Gasteiger partial charge on any atom is -0.487 e. The van der Waals surface area contributed by atoms with E-state index in [2.05, 4.69) is 30.4 Å². The van der Waals surface area contributed by atoms with E-state index in [1.807, 2.05) is 17.8 Å². The maximum absolute atomic E-state index is 6.22. The molecule has 0 aromatic heterocycles. The molecule has 2 aliphatic rings. The summed E-state index contributed by atoms with van der Waals surface area (Å²) in [7, 11) is 0. The van der Waals surface area contributed by atoms with Gasteiger partial charge in [0.05, 0.1) is 6.61 Å². The number of hydrogen-bond acceptors (Lipinski definition) is 4. The first-order chi connectivity index (χ1) is 9.38. The van der Waals surface area contributed by atoms with Crippen LogP contribution in [0.5, 0.6) is 5.75 Å². The number of thioether (sulfide) groups is 1. The molecule has 104 valence electrons. The zero-order chi connectivity index (χ0) is 13.1. The third-order valence-corrected chi connectivity index (χ3v) is 4.99. The fourth-order valence-corrected chi connectivity index (χ4v) is 3.94. The Kier molecular flexibility index (Phi) is 4.31. The molecule has 3 atom stereocenters. The first-order valence-corrected chi connectivity index (χ1v) is 8.06. The van der Waals surface area contributed by atoms with Crippen molar-refractivity contribution < 1.29 is 9.47 Å². The molecule has 2 heterocycles. The largest absolute Gasteiger partial charge is 0.487 e. The van der Waals surface area contributed by atoms with Gasteiger partial charge in [-0.1, -0.05) is 19.1 Å². The Hall–Kier alpha value is -0.710. The minimum absolute atomic E-state index is 0.242. The maximum Gasteiger partial charge on any atom is 0.133 e. The molecule has 19 heavy (non-hydrogen) atoms. The van der Waals surface area contributed by atoms with Crippen LogP contribution in [0.15, 0.2) is 29.2 Å². The highest BCUT2D eigenvalue weighted by Crippen LogP contribution is 2.37. The summed E-state index contributed by atoms with van der Waals surface area (Å²) in [6.07, 6.45) is 1.38. The van der Waals surface area contributed by atoms with Crippen molar-refractivity contribution in [3.05, 3.63) is 24.3 Å². The highest BCUT2D eigenvalue weighted by Gasteiger charge is 2.35. The van der Waals surface area contributed by atoms with E-state index >= 15 is 0 Å². The van der Waals surface area contributed by atoms with Crippen LogP contribution in [0.1, 0.15) is 13.3 Å². The fraction of sp³-hybridized carbons (Fsp3) is 0.600. The van der Waals surface area contributed by atoms with Crippen molar-refractivity contribution in [1.82, 2.24) is 5.32 Å². The molecule has 2 aliphatic heterocycles. The third kappa shape index (κ3) is 2.91. The number of rotatable bonds is 4. The molecular weight excluding hydrogens is 258 g/mol. The average Bonchev–Trinajstić information content (AvgIpc) is 2.98. The van der Waals surface area contributed by atoms with E-state index in [0.29, 0.717) is 12.0 Å². The quantitative estimate of drug-likeness (QED) is 0.917. The lowest BCUT2D eigenvalue weighted by Crippen LogP contribution is -2.50. The number of para-hydroxylation sites is 1. The molecule has 3 unspecified atom stereocenters. The zero-order valence-corrected chi connectivity index (χ0v) is 12.1. The Morgan fingerprint density at radius 3 is 3.11 bits per heavy atom. The van der Waals surface area contributed by atoms with Gasteiger partial charge in [-0.15, -0.1) is 11.8 Å². The molecule has 0 bridgehead atoms. The second-order valence-electron chi connectivity index (χ2n) is 5.12. The Bertz CT molecular complexity index is 420. The molecule has 1 aromatic carbocycles. The molecule has 1 saturated heterocycles. The number of benzene rings is 1. The van der Waals surface area contributed by atoms with Gasteiger partial charge < -0.3 is 14.8 Å². The Morgan fingerprint density at radius 2 is 2.32 bits per heavy atom. The van der Waals surface area contributed by atoms with E-state index in [1.54, 1.807) is 0 Å². The van der Waals surface area contributed by atoms with Gasteiger partial charge >= 0.3 is 0 Å². The van der Waals surface area contributed by atoms with E-state index in [4.69, 9.17) is 9.47 Å². The van der Waals surface area contributed by atoms with Crippen LogP contribution in [0, 0.1) is 5.92 Å². The minimum atomic E-state index is 0.242. The monoisotopic (exact) mass is 279 g/mol. The van der Waals surface area contributed by atoms with Crippen LogP contribution in [-0.2, 0) is 4.74 Å². The predicted molar refractivity (Wildman–Crippen MR) is 78.0 cm³/mol. The van der Waals surface area contributed by atoms with Crippen molar-refractivity contribution in [2.45, 2.75) is 30.4 Å². The first kappa shape index (κ1) is 13.3. The van der Waals surface area contributed by atoms with E-state index in [0.717, 1.165) is 37.7 Å². The van der Waals surface area contributed by atoms with Gasteiger partial charge in [-0.25, -0.2) is 0 Å². The fourth-order valence-electron chi connectivity index (χ4n) is 2.89. The Balaban J connectivity index is 1.73. The first-order valence-electron chi connectivity index (χ1n) is 7.08. The van der Waals surface area contributed by atoms with Crippen molar-refractivity contribution in [1.29, 1.82) is 0 Å². The van der Waals surface area contributed by atoms with Crippen LogP contribution in [0.2, 0.25) is 0 Å². The topological polar surface area (TPSA) is 30.5 Å². The number of ether oxygens (including phenoxy) is 2. The molecule has 3 nitrogen and oxygen atoms in total. The third-order valence-electron chi connectivity index (χ3n) is 3.84. The van der Waals surface area contributed by atoms with Gasteiger partial charge in [-0.2, -0.15) is 0 Å². The van der Waals surface area contributed by atoms with Crippen molar-refractivity contribution in [2.75, 3.05) is 25.5 Å². The second-order valence-corrected chi connectivity index (χ2v) is 6.18. The smallest absolute Gasteiger partial charge is 0.133 e. The summed E-state index contributed by atoms with van der Waals surface area (Å²) in [5.74, 6) is 2.63. The van der Waals surface area contributed by atoms with Crippen molar-refractivity contribution in [3.8, 4) is 5.75 Å². The molecule has 4 heteroatoms. The summed E-state index contributed by atoms with van der Waals surface area (Å²) in [5.41, 5.74) is 0. The summed E-state index contributed by atoms with van der Waals surface area (Å²) in [5, 5.41) is 3.61. The highest BCUT2D eigenvalue weighted by molar-refractivity contribution is 7.99. The summed E-state index contributed by atoms with van der Waals surface area (Å²) in [6, 6.07) is 8.72. The summed E-state index contributed by atoms with van der Waals surface area (Å²) < 4.78 is 11.8. The summed E-state index contributed by atoms with van der Waals surface area (Å²) in [6.45, 7) is 4.90. The number of likely N-dealkylation sites (N-methyl/N-ethyl adjacent to an activating group) is 1. The SMILES string of the molecule is CCNC(C1CCOC1)C1CSc2ccccc2O1. The van der Waals surface area contributed by atoms with E-state index in [9.17, 15) is 0 Å². The second kappa shape index (κ2) is 6.16. The summed E-state index contributed by atoms with van der Waals surface area (Å²) in [4.78, 5) is 1.26. The number of fused-ring (bicyclic) bond motifs is 1. The van der Waals surface area contributed by atoms with Gasteiger partial charge in [0.25, 0.3) is 0 Å². The van der Waals surface area contributed by atoms with Crippen LogP contribution in [0.25, 0.3) is 0 Å². The van der Waals surface area contributed by atoms with Gasteiger partial charge in [0, 0.05) is 29.2 Å². The zero-order valence-electron chi connectivity index (χ0n) is 11.3. The molecule has 1 fully saturated rings. The maximum atomic E-state index is 6.22. The van der Waals surface area contributed by atoms with Gasteiger partial charge in [0.2, 0.25) is 0 Å². The molecule has 1 aromatic rings. The predicted octanol–water partition coefficient (Wildman–Crippen LogP) is 2.55. The van der Waals surface area contributed by atoms with Crippen LogP contribution in [0.3, 0.4) is 0 Å². The average molecular weight is 279 g/mol. The lowest BCUT2D eigenvalue weighted by Gasteiger charge is -2.35. The molecule has 0 aliphatic carbocycles. The van der Waals surface area contributed by atoms with Gasteiger partial charge in [0.15, 0.2) is 0 Å².